The summed E-state index contributed by atoms with van der Waals surface area (Å²) in [5, 5.41) is 11.7. The van der Waals surface area contributed by atoms with Gasteiger partial charge in [-0.25, -0.2) is 19.3 Å². The summed E-state index contributed by atoms with van der Waals surface area (Å²) in [6.07, 6.45) is 4.70. The lowest BCUT2D eigenvalue weighted by Gasteiger charge is -2.27. The van der Waals surface area contributed by atoms with Gasteiger partial charge in [0.15, 0.2) is 11.6 Å². The summed E-state index contributed by atoms with van der Waals surface area (Å²) in [5.74, 6) is 0.818. The van der Waals surface area contributed by atoms with Gasteiger partial charge < -0.3 is 14.7 Å². The molecule has 2 fully saturated rings. The van der Waals surface area contributed by atoms with Gasteiger partial charge in [-0.05, 0) is 78.9 Å². The Bertz CT molecular complexity index is 2110. The highest BCUT2D eigenvalue weighted by Crippen LogP contribution is 2.61. The number of piperidine rings is 1. The number of pyridine rings is 1. The lowest BCUT2D eigenvalue weighted by Crippen LogP contribution is -2.47. The molecule has 1 saturated heterocycles. The van der Waals surface area contributed by atoms with Gasteiger partial charge in [0.2, 0.25) is 17.7 Å². The molecule has 5 aromatic rings. The van der Waals surface area contributed by atoms with E-state index in [0.717, 1.165) is 5.56 Å². The molecule has 1 saturated carbocycles. The maximum atomic E-state index is 14.7. The first-order valence-corrected chi connectivity index (χ1v) is 16.2. The Morgan fingerprint density at radius 1 is 1.06 bits per heavy atom. The predicted molar refractivity (Wildman–Crippen MR) is 174 cm³/mol. The number of aryl methyl sites for hydroxylation is 3. The average molecular weight is 717 g/mol. The van der Waals surface area contributed by atoms with Crippen LogP contribution in [0.2, 0.25) is 0 Å². The highest BCUT2D eigenvalue weighted by Gasteiger charge is 2.67. The Kier molecular flexibility index (Phi) is 7.89. The topological polar surface area (TPSA) is 162 Å². The number of likely N-dealkylation sites (tertiary alicyclic amines) is 1. The Labute approximate surface area is 282 Å². The maximum absolute atomic E-state index is 14.7. The molecule has 3 unspecified atom stereocenters. The van der Waals surface area contributed by atoms with Crippen LogP contribution < -0.4 is 5.32 Å². The molecule has 0 spiro atoms. The summed E-state index contributed by atoms with van der Waals surface area (Å²) in [6, 6.07) is 5.90. The summed E-state index contributed by atoms with van der Waals surface area (Å²) in [4.78, 5) is 59.8. The van der Waals surface area contributed by atoms with Gasteiger partial charge in [-0.1, -0.05) is 11.2 Å². The normalized spacial score (nSPS) is 19.8. The molecule has 1 aromatic carbocycles. The van der Waals surface area contributed by atoms with E-state index >= 15 is 0 Å². The molecule has 1 N–H and O–H groups in total. The van der Waals surface area contributed by atoms with Crippen molar-refractivity contribution >= 4 is 50.2 Å². The van der Waals surface area contributed by atoms with Crippen LogP contribution in [0.5, 0.6) is 0 Å². The van der Waals surface area contributed by atoms with E-state index in [4.69, 9.17) is 4.52 Å². The number of amides is 2. The fourth-order valence-electron chi connectivity index (χ4n) is 6.81. The first-order chi connectivity index (χ1) is 23.0. The van der Waals surface area contributed by atoms with Crippen LogP contribution in [-0.4, -0.2) is 69.5 Å². The molecule has 7 rings (SSSR count). The van der Waals surface area contributed by atoms with Crippen molar-refractivity contribution in [3.05, 3.63) is 75.6 Å². The summed E-state index contributed by atoms with van der Waals surface area (Å²) < 4.78 is 22.0. The van der Waals surface area contributed by atoms with Gasteiger partial charge >= 0.3 is 0 Å². The number of nitrogens with one attached hydrogen (secondary N) is 1. The second-order valence-electron chi connectivity index (χ2n) is 12.6. The predicted octanol–water partition coefficient (Wildman–Crippen LogP) is 4.87. The number of alkyl halides is 1. The van der Waals surface area contributed by atoms with Gasteiger partial charge in [-0.3, -0.25) is 19.1 Å². The van der Waals surface area contributed by atoms with Crippen LogP contribution in [0.25, 0.3) is 22.0 Å². The van der Waals surface area contributed by atoms with Crippen molar-refractivity contribution in [3.63, 3.8) is 0 Å². The number of carbonyl (C=O) groups excluding carboxylic acids is 3. The number of nitrogens with zero attached hydrogens (tertiary/aromatic N) is 8. The van der Waals surface area contributed by atoms with Crippen LogP contribution in [0.4, 0.5) is 10.2 Å². The highest BCUT2D eigenvalue weighted by molar-refractivity contribution is 9.10. The minimum absolute atomic E-state index is 0.113. The Morgan fingerprint density at radius 3 is 2.52 bits per heavy atom. The molecule has 2 amide bonds. The molecule has 13 nitrogen and oxygen atoms in total. The van der Waals surface area contributed by atoms with E-state index in [1.54, 1.807) is 49.3 Å². The van der Waals surface area contributed by atoms with Crippen molar-refractivity contribution in [3.8, 4) is 11.1 Å². The molecule has 0 radical (unpaired) electrons. The third-order valence-corrected chi connectivity index (χ3v) is 9.63. The van der Waals surface area contributed by atoms with Crippen LogP contribution in [0, 0.1) is 26.2 Å². The SMILES string of the molecule is CC(=O)c1nn(CC(=O)N2C(C(=O)Nc3nc(Br)ccc3C)CC3(Cc4nc(C)no4)CC23)c2c(CF)cc(-c3cnc(C)nc3)cc12. The Balaban J connectivity index is 1.24. The summed E-state index contributed by atoms with van der Waals surface area (Å²) in [7, 11) is 0. The molecular weight excluding hydrogens is 685 g/mol. The van der Waals surface area contributed by atoms with Gasteiger partial charge in [0.25, 0.3) is 0 Å². The number of aromatic nitrogens is 7. The van der Waals surface area contributed by atoms with Gasteiger partial charge in [-0.2, -0.15) is 10.1 Å². The van der Waals surface area contributed by atoms with E-state index in [1.807, 2.05) is 13.0 Å². The quantitative estimate of drug-likeness (QED) is 0.165. The minimum atomic E-state index is -0.864. The molecule has 3 atom stereocenters. The van der Waals surface area contributed by atoms with Gasteiger partial charge in [0.05, 0.1) is 5.52 Å². The molecule has 5 heterocycles. The first-order valence-electron chi connectivity index (χ1n) is 15.4. The number of carbonyl (C=O) groups is 3. The van der Waals surface area contributed by atoms with Crippen molar-refractivity contribution in [2.75, 3.05) is 5.32 Å². The number of hydrogen-bond donors (Lipinski definition) is 1. The number of benzene rings is 1. The molecule has 48 heavy (non-hydrogen) atoms. The summed E-state index contributed by atoms with van der Waals surface area (Å²) in [5.41, 5.74) is 2.32. The number of rotatable bonds is 9. The van der Waals surface area contributed by atoms with E-state index < -0.39 is 18.1 Å². The molecule has 1 aliphatic heterocycles. The Hall–Kier alpha value is -4.92. The van der Waals surface area contributed by atoms with Crippen molar-refractivity contribution in [1.82, 2.24) is 39.8 Å². The van der Waals surface area contributed by atoms with Crippen LogP contribution in [-0.2, 0) is 29.2 Å². The monoisotopic (exact) mass is 715 g/mol. The van der Waals surface area contributed by atoms with Gasteiger partial charge in [0.1, 0.15) is 41.2 Å². The number of Topliss-reactive ketones (excluding diaryl/α,β-unsaturated/α-hetero) is 1. The standard InChI is InChI=1S/C33H31BrFN9O4/c1-16-5-6-26(34)39-31(16)40-32(47)24-9-33(11-27-38-19(4)42-48-27)10-25(33)44(24)28(46)15-43-30-21(12-35)7-20(22-13-36-18(3)37-14-22)8-23(30)29(41-43)17(2)45/h5-8,13-14,24-25H,9-12,15H2,1-4H3,(H,39,40,47). The largest absolute Gasteiger partial charge is 0.339 e. The van der Waals surface area contributed by atoms with E-state index in [9.17, 15) is 18.8 Å². The molecule has 4 aromatic heterocycles. The third-order valence-electron chi connectivity index (χ3n) is 9.19. The number of halogens is 2. The molecule has 246 valence electrons. The smallest absolute Gasteiger partial charge is 0.248 e. The van der Waals surface area contributed by atoms with Gasteiger partial charge in [0, 0.05) is 53.7 Å². The van der Waals surface area contributed by atoms with Crippen LogP contribution in [0.3, 0.4) is 0 Å². The third kappa shape index (κ3) is 5.65. The van der Waals surface area contributed by atoms with E-state index in [0.29, 0.717) is 69.3 Å². The molecular formula is C33H31BrFN9O4. The molecule has 0 bridgehead atoms. The van der Waals surface area contributed by atoms with Crippen molar-refractivity contribution in [1.29, 1.82) is 0 Å². The van der Waals surface area contributed by atoms with E-state index in [1.165, 1.54) is 11.6 Å². The second kappa shape index (κ2) is 12.0. The Morgan fingerprint density at radius 2 is 1.83 bits per heavy atom. The maximum Gasteiger partial charge on any atom is 0.248 e. The lowest BCUT2D eigenvalue weighted by atomic mass is 9.95. The fraction of sp³-hybridized carbons (Fsp3) is 0.364. The van der Waals surface area contributed by atoms with Crippen molar-refractivity contribution in [2.24, 2.45) is 5.41 Å². The van der Waals surface area contributed by atoms with Crippen LogP contribution >= 0.6 is 15.9 Å². The molecule has 1 aliphatic carbocycles. The summed E-state index contributed by atoms with van der Waals surface area (Å²) in [6.45, 7) is 5.53. The fourth-order valence-corrected chi connectivity index (χ4v) is 7.12. The zero-order valence-corrected chi connectivity index (χ0v) is 28.2. The first kappa shape index (κ1) is 31.7. The zero-order chi connectivity index (χ0) is 33.9. The molecule has 15 heteroatoms. The highest BCUT2D eigenvalue weighted by atomic mass is 79.9. The summed E-state index contributed by atoms with van der Waals surface area (Å²) >= 11 is 3.35. The van der Waals surface area contributed by atoms with E-state index in [2.05, 4.69) is 51.4 Å². The van der Waals surface area contributed by atoms with Gasteiger partial charge in [-0.15, -0.1) is 0 Å². The zero-order valence-electron chi connectivity index (χ0n) is 26.6. The van der Waals surface area contributed by atoms with Crippen LogP contribution in [0.1, 0.15) is 58.9 Å². The minimum Gasteiger partial charge on any atom is -0.339 e. The van der Waals surface area contributed by atoms with Crippen LogP contribution in [0.15, 0.2) is 45.8 Å². The van der Waals surface area contributed by atoms with E-state index in [-0.39, 0.29) is 41.4 Å². The second-order valence-corrected chi connectivity index (χ2v) is 13.4. The number of anilines is 1. The van der Waals surface area contributed by atoms with Crippen molar-refractivity contribution in [2.45, 2.75) is 72.3 Å². The number of hydrogen-bond acceptors (Lipinski definition) is 10. The number of fused-ring (bicyclic) bond motifs is 2. The number of ketones is 1. The molecule has 2 aliphatic rings. The average Bonchev–Trinajstić information content (AvgIpc) is 3.30. The van der Waals surface area contributed by atoms with Crippen molar-refractivity contribution < 1.29 is 23.3 Å². The lowest BCUT2D eigenvalue weighted by molar-refractivity contribution is -0.138.